The molecule has 0 unspecified atom stereocenters. The van der Waals surface area contributed by atoms with Gasteiger partial charge in [-0.2, -0.15) is 0 Å². The zero-order valence-electron chi connectivity index (χ0n) is 16.2. The van der Waals surface area contributed by atoms with Gasteiger partial charge < -0.3 is 10.2 Å². The maximum absolute atomic E-state index is 12.8. The summed E-state index contributed by atoms with van der Waals surface area (Å²) in [6.45, 7) is 3.34. The van der Waals surface area contributed by atoms with Crippen LogP contribution in [0.2, 0.25) is 0 Å². The molecule has 148 valence electrons. The van der Waals surface area contributed by atoms with Crippen LogP contribution in [-0.4, -0.2) is 40.0 Å². The standard InChI is InChI=1S/C22H22N4O2S/c1-15-9-11-16(12-10-15)22(28)26-13-5-6-17(14-26)20-24-25-21(29-20)19(27)23-18-7-3-2-4-8-18/h2-4,7-12,17H,5-6,13-14H2,1H3,(H,23,27)/t17-/m1/s1. The minimum absolute atomic E-state index is 0.0428. The van der Waals surface area contributed by atoms with Crippen LogP contribution in [0.15, 0.2) is 54.6 Å². The molecular weight excluding hydrogens is 384 g/mol. The average molecular weight is 407 g/mol. The van der Waals surface area contributed by atoms with Gasteiger partial charge in [-0.25, -0.2) is 0 Å². The van der Waals surface area contributed by atoms with Gasteiger partial charge >= 0.3 is 0 Å². The Balaban J connectivity index is 1.43. The first-order valence-corrected chi connectivity index (χ1v) is 10.5. The Morgan fingerprint density at radius 2 is 1.83 bits per heavy atom. The quantitative estimate of drug-likeness (QED) is 0.707. The number of carbonyl (C=O) groups excluding carboxylic acids is 2. The third-order valence-corrected chi connectivity index (χ3v) is 6.11. The summed E-state index contributed by atoms with van der Waals surface area (Å²) in [6, 6.07) is 16.9. The van der Waals surface area contributed by atoms with E-state index in [1.54, 1.807) is 0 Å². The lowest BCUT2D eigenvalue weighted by Gasteiger charge is -2.31. The summed E-state index contributed by atoms with van der Waals surface area (Å²) in [5.74, 6) is -0.112. The van der Waals surface area contributed by atoms with Gasteiger partial charge in [0.05, 0.1) is 0 Å². The molecule has 4 rings (SSSR count). The Labute approximate surface area is 173 Å². The second kappa shape index (κ2) is 8.53. The lowest BCUT2D eigenvalue weighted by molar-refractivity contribution is 0.0706. The third-order valence-electron chi connectivity index (χ3n) is 5.02. The predicted octanol–water partition coefficient (Wildman–Crippen LogP) is 4.12. The van der Waals surface area contributed by atoms with E-state index in [9.17, 15) is 9.59 Å². The van der Waals surface area contributed by atoms with Crippen molar-refractivity contribution in [3.8, 4) is 0 Å². The molecular formula is C22H22N4O2S. The summed E-state index contributed by atoms with van der Waals surface area (Å²) in [5.41, 5.74) is 2.56. The zero-order chi connectivity index (χ0) is 20.2. The molecule has 1 aliphatic rings. The van der Waals surface area contributed by atoms with Gasteiger partial charge in [0, 0.05) is 30.3 Å². The minimum atomic E-state index is -0.261. The second-order valence-electron chi connectivity index (χ2n) is 7.22. The summed E-state index contributed by atoms with van der Waals surface area (Å²) in [7, 11) is 0. The first-order chi connectivity index (χ1) is 14.1. The Morgan fingerprint density at radius 1 is 1.07 bits per heavy atom. The number of hydrogen-bond acceptors (Lipinski definition) is 5. The van der Waals surface area contributed by atoms with Gasteiger partial charge in [0.15, 0.2) is 0 Å². The van der Waals surface area contributed by atoms with Gasteiger partial charge in [-0.1, -0.05) is 47.2 Å². The summed E-state index contributed by atoms with van der Waals surface area (Å²) < 4.78 is 0. The van der Waals surface area contributed by atoms with E-state index in [2.05, 4.69) is 15.5 Å². The van der Waals surface area contributed by atoms with Crippen LogP contribution in [0.3, 0.4) is 0 Å². The number of nitrogens with zero attached hydrogens (tertiary/aromatic N) is 3. The number of piperidine rings is 1. The minimum Gasteiger partial charge on any atom is -0.338 e. The number of hydrogen-bond donors (Lipinski definition) is 1. The van der Waals surface area contributed by atoms with Crippen molar-refractivity contribution in [2.24, 2.45) is 0 Å². The van der Waals surface area contributed by atoms with E-state index in [-0.39, 0.29) is 17.7 Å². The number of anilines is 1. The molecule has 1 aliphatic heterocycles. The van der Waals surface area contributed by atoms with E-state index in [0.29, 0.717) is 17.1 Å². The Hall–Kier alpha value is -3.06. The number of rotatable bonds is 4. The predicted molar refractivity (Wildman–Crippen MR) is 113 cm³/mol. The SMILES string of the molecule is Cc1ccc(C(=O)N2CCC[C@@H](c3nnc(C(=O)Nc4ccccc4)s3)C2)cc1. The van der Waals surface area contributed by atoms with Crippen molar-refractivity contribution in [2.45, 2.75) is 25.7 Å². The van der Waals surface area contributed by atoms with Crippen molar-refractivity contribution in [1.82, 2.24) is 15.1 Å². The average Bonchev–Trinajstić information content (AvgIpc) is 3.25. The van der Waals surface area contributed by atoms with Crippen LogP contribution < -0.4 is 5.32 Å². The molecule has 1 atom stereocenters. The molecule has 0 bridgehead atoms. The number of para-hydroxylation sites is 1. The maximum atomic E-state index is 12.8. The molecule has 0 spiro atoms. The second-order valence-corrected chi connectivity index (χ2v) is 8.23. The van der Waals surface area contributed by atoms with Gasteiger partial charge in [0.2, 0.25) is 5.01 Å². The van der Waals surface area contributed by atoms with E-state index in [0.717, 1.165) is 35.6 Å². The molecule has 6 nitrogen and oxygen atoms in total. The number of aryl methyl sites for hydroxylation is 1. The van der Waals surface area contributed by atoms with Crippen LogP contribution in [0.25, 0.3) is 0 Å². The lowest BCUT2D eigenvalue weighted by Crippen LogP contribution is -2.39. The highest BCUT2D eigenvalue weighted by Crippen LogP contribution is 2.30. The zero-order valence-corrected chi connectivity index (χ0v) is 17.0. The molecule has 1 aromatic heterocycles. The molecule has 0 radical (unpaired) electrons. The number of carbonyl (C=O) groups is 2. The van der Waals surface area contributed by atoms with Crippen LogP contribution in [0.1, 0.15) is 49.5 Å². The number of benzene rings is 2. The number of aromatic nitrogens is 2. The van der Waals surface area contributed by atoms with Gasteiger partial charge in [-0.3, -0.25) is 9.59 Å². The van der Waals surface area contributed by atoms with E-state index in [1.165, 1.54) is 11.3 Å². The molecule has 1 N–H and O–H groups in total. The molecule has 0 saturated carbocycles. The summed E-state index contributed by atoms with van der Waals surface area (Å²) in [5, 5.41) is 12.3. The van der Waals surface area contributed by atoms with Crippen molar-refractivity contribution in [3.63, 3.8) is 0 Å². The van der Waals surface area contributed by atoms with Crippen molar-refractivity contribution >= 4 is 28.8 Å². The van der Waals surface area contributed by atoms with Crippen molar-refractivity contribution in [1.29, 1.82) is 0 Å². The molecule has 0 aliphatic carbocycles. The first kappa shape index (κ1) is 19.3. The van der Waals surface area contributed by atoms with Crippen LogP contribution in [-0.2, 0) is 0 Å². The molecule has 7 heteroatoms. The lowest BCUT2D eigenvalue weighted by atomic mass is 9.98. The Bertz CT molecular complexity index is 1000. The van der Waals surface area contributed by atoms with Crippen molar-refractivity contribution in [3.05, 3.63) is 75.7 Å². The van der Waals surface area contributed by atoms with E-state index in [1.807, 2.05) is 66.4 Å². The van der Waals surface area contributed by atoms with Gasteiger partial charge in [-0.15, -0.1) is 10.2 Å². The summed E-state index contributed by atoms with van der Waals surface area (Å²) >= 11 is 1.31. The molecule has 29 heavy (non-hydrogen) atoms. The fourth-order valence-corrected chi connectivity index (χ4v) is 4.30. The largest absolute Gasteiger partial charge is 0.338 e. The summed E-state index contributed by atoms with van der Waals surface area (Å²) in [4.78, 5) is 27.1. The van der Waals surface area contributed by atoms with E-state index >= 15 is 0 Å². The van der Waals surface area contributed by atoms with E-state index in [4.69, 9.17) is 0 Å². The molecule has 1 fully saturated rings. The van der Waals surface area contributed by atoms with Gasteiger partial charge in [0.25, 0.3) is 11.8 Å². The molecule has 2 aromatic carbocycles. The maximum Gasteiger partial charge on any atom is 0.286 e. The normalized spacial score (nSPS) is 16.4. The highest BCUT2D eigenvalue weighted by Gasteiger charge is 2.28. The molecule has 1 saturated heterocycles. The monoisotopic (exact) mass is 406 g/mol. The Morgan fingerprint density at radius 3 is 2.59 bits per heavy atom. The fraction of sp³-hybridized carbons (Fsp3) is 0.273. The van der Waals surface area contributed by atoms with Crippen LogP contribution in [0.5, 0.6) is 0 Å². The highest BCUT2D eigenvalue weighted by molar-refractivity contribution is 7.13. The molecule has 3 aromatic rings. The van der Waals surface area contributed by atoms with E-state index < -0.39 is 0 Å². The molecule has 2 heterocycles. The Kier molecular flexibility index (Phi) is 5.67. The highest BCUT2D eigenvalue weighted by atomic mass is 32.1. The molecule has 2 amide bonds. The van der Waals surface area contributed by atoms with Gasteiger partial charge in [-0.05, 0) is 44.0 Å². The van der Waals surface area contributed by atoms with Crippen molar-refractivity contribution < 1.29 is 9.59 Å². The summed E-state index contributed by atoms with van der Waals surface area (Å²) in [6.07, 6.45) is 1.85. The first-order valence-electron chi connectivity index (χ1n) is 9.66. The van der Waals surface area contributed by atoms with Crippen LogP contribution in [0, 0.1) is 6.92 Å². The smallest absolute Gasteiger partial charge is 0.286 e. The number of amides is 2. The van der Waals surface area contributed by atoms with Crippen molar-refractivity contribution in [2.75, 3.05) is 18.4 Å². The topological polar surface area (TPSA) is 75.2 Å². The van der Waals surface area contributed by atoms with Gasteiger partial charge in [0.1, 0.15) is 5.01 Å². The number of nitrogens with one attached hydrogen (secondary N) is 1. The third kappa shape index (κ3) is 4.51. The van der Waals surface area contributed by atoms with Crippen LogP contribution in [0.4, 0.5) is 5.69 Å². The fourth-order valence-electron chi connectivity index (χ4n) is 3.44. The van der Waals surface area contributed by atoms with Crippen LogP contribution >= 0.6 is 11.3 Å². The number of likely N-dealkylation sites (tertiary alicyclic amines) is 1.